The fourth-order valence-corrected chi connectivity index (χ4v) is 3.81. The summed E-state index contributed by atoms with van der Waals surface area (Å²) in [6.07, 6.45) is 10.3. The molecule has 0 spiro atoms. The molecule has 136 valence electrons. The van der Waals surface area contributed by atoms with Crippen LogP contribution in [0.4, 0.5) is 0 Å². The molecule has 26 heavy (non-hydrogen) atoms. The van der Waals surface area contributed by atoms with E-state index in [9.17, 15) is 5.11 Å². The predicted molar refractivity (Wildman–Crippen MR) is 103 cm³/mol. The minimum Gasteiger partial charge on any atom is -0.386 e. The van der Waals surface area contributed by atoms with E-state index in [1.807, 2.05) is 30.6 Å². The van der Waals surface area contributed by atoms with Crippen LogP contribution in [-0.4, -0.2) is 24.6 Å². The summed E-state index contributed by atoms with van der Waals surface area (Å²) < 4.78 is 2.16. The molecule has 0 atom stereocenters. The van der Waals surface area contributed by atoms with Gasteiger partial charge in [-0.1, -0.05) is 43.5 Å². The molecule has 0 saturated heterocycles. The lowest BCUT2D eigenvalue weighted by atomic mass is 9.89. The van der Waals surface area contributed by atoms with Crippen LogP contribution < -0.4 is 0 Å². The molecule has 0 bridgehead atoms. The third kappa shape index (κ3) is 3.49. The minimum atomic E-state index is -0.840. The minimum absolute atomic E-state index is 0.706. The van der Waals surface area contributed by atoms with Crippen molar-refractivity contribution >= 4 is 11.3 Å². The lowest BCUT2D eigenvalue weighted by molar-refractivity contribution is 0.0786. The lowest BCUT2D eigenvalue weighted by Gasteiger charge is -2.21. The predicted octanol–water partition coefficient (Wildman–Crippen LogP) is 4.30. The SMILES string of the molecule is CC(C)(O)c1ccc(-c2cnc3ncn(CC4CCCCC4)c3n2)cc1. The second kappa shape index (κ2) is 6.80. The Balaban J connectivity index is 1.63. The van der Waals surface area contributed by atoms with E-state index in [1.165, 1.54) is 32.1 Å². The Morgan fingerprint density at radius 2 is 1.81 bits per heavy atom. The van der Waals surface area contributed by atoms with Crippen LogP contribution in [0.5, 0.6) is 0 Å². The molecular weight excluding hydrogens is 324 g/mol. The second-order valence-corrected chi connectivity index (χ2v) is 7.94. The first-order valence-electron chi connectivity index (χ1n) is 9.52. The van der Waals surface area contributed by atoms with Gasteiger partial charge >= 0.3 is 0 Å². The molecule has 1 saturated carbocycles. The number of imidazole rings is 1. The number of aromatic nitrogens is 4. The molecule has 4 rings (SSSR count). The first-order chi connectivity index (χ1) is 12.5. The van der Waals surface area contributed by atoms with E-state index in [-0.39, 0.29) is 0 Å². The quantitative estimate of drug-likeness (QED) is 0.762. The summed E-state index contributed by atoms with van der Waals surface area (Å²) in [7, 11) is 0. The van der Waals surface area contributed by atoms with Crippen molar-refractivity contribution in [3.8, 4) is 11.3 Å². The summed E-state index contributed by atoms with van der Waals surface area (Å²) in [6.45, 7) is 4.56. The van der Waals surface area contributed by atoms with E-state index in [0.717, 1.165) is 34.9 Å². The van der Waals surface area contributed by atoms with Crippen LogP contribution in [-0.2, 0) is 12.1 Å². The summed E-state index contributed by atoms with van der Waals surface area (Å²) in [5, 5.41) is 10.1. The number of aliphatic hydroxyl groups is 1. The van der Waals surface area contributed by atoms with Crippen LogP contribution >= 0.6 is 0 Å². The Labute approximate surface area is 154 Å². The molecular formula is C21H26N4O. The fourth-order valence-electron chi connectivity index (χ4n) is 3.81. The maximum Gasteiger partial charge on any atom is 0.197 e. The van der Waals surface area contributed by atoms with Gasteiger partial charge in [0.25, 0.3) is 0 Å². The van der Waals surface area contributed by atoms with Crippen molar-refractivity contribution in [2.75, 3.05) is 0 Å². The Hall–Kier alpha value is -2.27. The number of hydrogen-bond acceptors (Lipinski definition) is 4. The summed E-state index contributed by atoms with van der Waals surface area (Å²) >= 11 is 0. The first-order valence-corrected chi connectivity index (χ1v) is 9.52. The van der Waals surface area contributed by atoms with E-state index in [4.69, 9.17) is 4.98 Å². The van der Waals surface area contributed by atoms with Crippen LogP contribution in [0.1, 0.15) is 51.5 Å². The summed E-state index contributed by atoms with van der Waals surface area (Å²) in [4.78, 5) is 13.8. The van der Waals surface area contributed by atoms with E-state index < -0.39 is 5.60 Å². The van der Waals surface area contributed by atoms with Crippen LogP contribution in [0, 0.1) is 5.92 Å². The van der Waals surface area contributed by atoms with Crippen molar-refractivity contribution in [1.29, 1.82) is 0 Å². The van der Waals surface area contributed by atoms with Gasteiger partial charge in [-0.25, -0.2) is 15.0 Å². The first kappa shape index (κ1) is 17.2. The Morgan fingerprint density at radius 1 is 1.08 bits per heavy atom. The Morgan fingerprint density at radius 3 is 2.50 bits per heavy atom. The average molecular weight is 350 g/mol. The van der Waals surface area contributed by atoms with E-state index in [0.29, 0.717) is 5.65 Å². The van der Waals surface area contributed by atoms with Crippen molar-refractivity contribution < 1.29 is 5.11 Å². The van der Waals surface area contributed by atoms with E-state index in [2.05, 4.69) is 14.5 Å². The van der Waals surface area contributed by atoms with Crippen LogP contribution in [0.15, 0.2) is 36.8 Å². The number of hydrogen-bond donors (Lipinski definition) is 1. The standard InChI is InChI=1S/C21H26N4O/c1-21(2,26)17-10-8-16(9-11-17)18-12-22-19-20(24-18)25(14-23-19)13-15-6-4-3-5-7-15/h8-12,14-15,26H,3-7,13H2,1-2H3. The number of fused-ring (bicyclic) bond motifs is 1. The normalized spacial score (nSPS) is 16.3. The molecule has 5 heteroatoms. The molecule has 0 amide bonds. The Bertz CT molecular complexity index is 887. The average Bonchev–Trinajstić information content (AvgIpc) is 3.04. The van der Waals surface area contributed by atoms with Gasteiger partial charge in [0, 0.05) is 12.1 Å². The van der Waals surface area contributed by atoms with Gasteiger partial charge in [0.2, 0.25) is 0 Å². The topological polar surface area (TPSA) is 63.8 Å². The van der Waals surface area contributed by atoms with E-state index in [1.54, 1.807) is 20.0 Å². The second-order valence-electron chi connectivity index (χ2n) is 7.94. The van der Waals surface area contributed by atoms with Crippen molar-refractivity contribution in [1.82, 2.24) is 19.5 Å². The third-order valence-electron chi connectivity index (χ3n) is 5.39. The molecule has 0 unspecified atom stereocenters. The molecule has 1 N–H and O–H groups in total. The molecule has 2 aromatic heterocycles. The van der Waals surface area contributed by atoms with Crippen molar-refractivity contribution in [3.05, 3.63) is 42.4 Å². The van der Waals surface area contributed by atoms with Gasteiger partial charge in [0.1, 0.15) is 0 Å². The fraction of sp³-hybridized carbons (Fsp3) is 0.476. The summed E-state index contributed by atoms with van der Waals surface area (Å²) in [5.74, 6) is 0.720. The zero-order valence-corrected chi connectivity index (χ0v) is 15.5. The number of rotatable bonds is 4. The van der Waals surface area contributed by atoms with Crippen molar-refractivity contribution in [3.63, 3.8) is 0 Å². The molecule has 1 aromatic carbocycles. The molecule has 5 nitrogen and oxygen atoms in total. The zero-order valence-electron chi connectivity index (χ0n) is 15.5. The van der Waals surface area contributed by atoms with Gasteiger partial charge in [-0.2, -0.15) is 0 Å². The highest BCUT2D eigenvalue weighted by molar-refractivity contribution is 5.70. The van der Waals surface area contributed by atoms with E-state index >= 15 is 0 Å². The summed E-state index contributed by atoms with van der Waals surface area (Å²) in [5.41, 5.74) is 3.45. The van der Waals surface area contributed by atoms with Gasteiger partial charge in [0.15, 0.2) is 11.3 Å². The molecule has 2 heterocycles. The highest BCUT2D eigenvalue weighted by atomic mass is 16.3. The maximum absolute atomic E-state index is 10.1. The molecule has 1 aliphatic carbocycles. The largest absolute Gasteiger partial charge is 0.386 e. The smallest absolute Gasteiger partial charge is 0.197 e. The van der Waals surface area contributed by atoms with Gasteiger partial charge in [0.05, 0.1) is 23.8 Å². The molecule has 0 radical (unpaired) electrons. The molecule has 3 aromatic rings. The number of benzene rings is 1. The summed E-state index contributed by atoms with van der Waals surface area (Å²) in [6, 6.07) is 7.87. The maximum atomic E-state index is 10.1. The van der Waals surface area contributed by atoms with Gasteiger partial charge in [-0.3, -0.25) is 0 Å². The van der Waals surface area contributed by atoms with Crippen molar-refractivity contribution in [2.45, 2.75) is 58.1 Å². The van der Waals surface area contributed by atoms with Crippen LogP contribution in [0.2, 0.25) is 0 Å². The van der Waals surface area contributed by atoms with Gasteiger partial charge < -0.3 is 9.67 Å². The van der Waals surface area contributed by atoms with Crippen LogP contribution in [0.25, 0.3) is 22.6 Å². The van der Waals surface area contributed by atoms with Gasteiger partial charge in [-0.15, -0.1) is 0 Å². The third-order valence-corrected chi connectivity index (χ3v) is 5.39. The highest BCUT2D eigenvalue weighted by Gasteiger charge is 2.18. The highest BCUT2D eigenvalue weighted by Crippen LogP contribution is 2.27. The van der Waals surface area contributed by atoms with Crippen LogP contribution in [0.3, 0.4) is 0 Å². The zero-order chi connectivity index (χ0) is 18.1. The lowest BCUT2D eigenvalue weighted by Crippen LogP contribution is -2.15. The van der Waals surface area contributed by atoms with Gasteiger partial charge in [-0.05, 0) is 38.2 Å². The number of nitrogens with zero attached hydrogens (tertiary/aromatic N) is 4. The Kier molecular flexibility index (Phi) is 4.49. The molecule has 1 aliphatic rings. The molecule has 0 aliphatic heterocycles. The monoisotopic (exact) mass is 350 g/mol. The molecule has 1 fully saturated rings. The van der Waals surface area contributed by atoms with Crippen molar-refractivity contribution in [2.24, 2.45) is 5.92 Å².